The van der Waals surface area contributed by atoms with Gasteiger partial charge < -0.3 is 10.6 Å². The van der Waals surface area contributed by atoms with E-state index in [1.807, 2.05) is 36.4 Å². The van der Waals surface area contributed by atoms with Gasteiger partial charge in [0.25, 0.3) is 0 Å². The summed E-state index contributed by atoms with van der Waals surface area (Å²) < 4.78 is 0. The van der Waals surface area contributed by atoms with Gasteiger partial charge >= 0.3 is 0 Å². The van der Waals surface area contributed by atoms with Crippen LogP contribution in [0, 0.1) is 0 Å². The van der Waals surface area contributed by atoms with Gasteiger partial charge in [-0.15, -0.1) is 0 Å². The van der Waals surface area contributed by atoms with Crippen molar-refractivity contribution in [3.8, 4) is 0 Å². The molecule has 2 N–H and O–H groups in total. The van der Waals surface area contributed by atoms with Crippen molar-refractivity contribution in [3.05, 3.63) is 59.7 Å². The van der Waals surface area contributed by atoms with Crippen LogP contribution in [0.1, 0.15) is 36.2 Å². The highest BCUT2D eigenvalue weighted by Crippen LogP contribution is 2.15. The normalized spacial score (nSPS) is 10.2. The molecule has 0 spiro atoms. The number of para-hydroxylation sites is 1. The number of rotatable bonds is 7. The zero-order chi connectivity index (χ0) is 16.7. The van der Waals surface area contributed by atoms with E-state index < -0.39 is 0 Å². The Labute approximate surface area is 136 Å². The van der Waals surface area contributed by atoms with Gasteiger partial charge in [0.2, 0.25) is 5.91 Å². The van der Waals surface area contributed by atoms with Crippen molar-refractivity contribution in [2.75, 3.05) is 17.2 Å². The predicted molar refractivity (Wildman–Crippen MR) is 94.0 cm³/mol. The molecule has 4 heteroatoms. The van der Waals surface area contributed by atoms with Crippen LogP contribution in [0.15, 0.2) is 48.5 Å². The lowest BCUT2D eigenvalue weighted by atomic mass is 10.1. The van der Waals surface area contributed by atoms with Crippen molar-refractivity contribution in [1.29, 1.82) is 0 Å². The van der Waals surface area contributed by atoms with Gasteiger partial charge in [0, 0.05) is 29.9 Å². The summed E-state index contributed by atoms with van der Waals surface area (Å²) >= 11 is 0. The monoisotopic (exact) mass is 310 g/mol. The van der Waals surface area contributed by atoms with Crippen molar-refractivity contribution in [2.24, 2.45) is 0 Å². The van der Waals surface area contributed by atoms with Crippen molar-refractivity contribution in [1.82, 2.24) is 0 Å². The molecule has 0 saturated carbocycles. The van der Waals surface area contributed by atoms with E-state index >= 15 is 0 Å². The Bertz CT molecular complexity index is 678. The Hall–Kier alpha value is -2.62. The highest BCUT2D eigenvalue weighted by Gasteiger charge is 2.05. The topological polar surface area (TPSA) is 58.2 Å². The number of amides is 1. The first-order chi connectivity index (χ1) is 11.1. The molecule has 0 unspecified atom stereocenters. The standard InChI is InChI=1S/C19H22N2O2/c1-3-15-6-4-5-7-18(15)21-19(23)12-13-20-17-10-8-16(9-11-17)14(2)22/h4-11,20H,3,12-13H2,1-2H3,(H,21,23). The molecular formula is C19H22N2O2. The zero-order valence-corrected chi connectivity index (χ0v) is 13.6. The van der Waals surface area contributed by atoms with Crippen molar-refractivity contribution in [3.63, 3.8) is 0 Å². The molecule has 2 rings (SSSR count). The quantitative estimate of drug-likeness (QED) is 0.763. The van der Waals surface area contributed by atoms with Crippen LogP contribution in [0.3, 0.4) is 0 Å². The minimum atomic E-state index is -0.0150. The summed E-state index contributed by atoms with van der Waals surface area (Å²) in [6, 6.07) is 15.1. The molecule has 2 aromatic rings. The van der Waals surface area contributed by atoms with Crippen LogP contribution in [0.5, 0.6) is 0 Å². The first-order valence-corrected chi connectivity index (χ1v) is 7.82. The Balaban J connectivity index is 1.81. The number of ketones is 1. The number of Topliss-reactive ketones (excluding diaryl/α,β-unsaturated/α-hetero) is 1. The molecule has 0 bridgehead atoms. The SMILES string of the molecule is CCc1ccccc1NC(=O)CCNc1ccc(C(C)=O)cc1. The molecule has 0 saturated heterocycles. The highest BCUT2D eigenvalue weighted by molar-refractivity contribution is 5.94. The minimum absolute atomic E-state index is 0.0150. The largest absolute Gasteiger partial charge is 0.385 e. The summed E-state index contributed by atoms with van der Waals surface area (Å²) in [6.07, 6.45) is 1.27. The zero-order valence-electron chi connectivity index (χ0n) is 13.6. The molecule has 23 heavy (non-hydrogen) atoms. The Morgan fingerprint density at radius 1 is 1.00 bits per heavy atom. The fourth-order valence-electron chi connectivity index (χ4n) is 2.31. The van der Waals surface area contributed by atoms with Gasteiger partial charge in [-0.2, -0.15) is 0 Å². The summed E-state index contributed by atoms with van der Waals surface area (Å²) in [5, 5.41) is 6.13. The summed E-state index contributed by atoms with van der Waals surface area (Å²) in [7, 11) is 0. The number of benzene rings is 2. The van der Waals surface area contributed by atoms with Crippen molar-refractivity contribution in [2.45, 2.75) is 26.7 Å². The molecule has 120 valence electrons. The number of anilines is 2. The Kier molecular flexibility index (Phi) is 5.92. The van der Waals surface area contributed by atoms with Gasteiger partial charge in [-0.3, -0.25) is 9.59 Å². The molecule has 1 amide bonds. The molecule has 4 nitrogen and oxygen atoms in total. The summed E-state index contributed by atoms with van der Waals surface area (Å²) in [5.41, 5.74) is 3.60. The van der Waals surface area contributed by atoms with Crippen LogP contribution in [0.2, 0.25) is 0 Å². The molecule has 0 atom stereocenters. The van der Waals surface area contributed by atoms with Gasteiger partial charge in [0.15, 0.2) is 5.78 Å². The molecule has 0 radical (unpaired) electrons. The summed E-state index contributed by atoms with van der Waals surface area (Å²) in [4.78, 5) is 23.2. The van der Waals surface area contributed by atoms with E-state index in [4.69, 9.17) is 0 Å². The lowest BCUT2D eigenvalue weighted by Crippen LogP contribution is -2.17. The number of hydrogen-bond donors (Lipinski definition) is 2. The second-order valence-corrected chi connectivity index (χ2v) is 5.37. The number of hydrogen-bond acceptors (Lipinski definition) is 3. The van der Waals surface area contributed by atoms with E-state index in [9.17, 15) is 9.59 Å². The van der Waals surface area contributed by atoms with Gasteiger partial charge in [-0.1, -0.05) is 25.1 Å². The van der Waals surface area contributed by atoms with Crippen LogP contribution in [0.4, 0.5) is 11.4 Å². The maximum atomic E-state index is 12.0. The first-order valence-electron chi connectivity index (χ1n) is 7.82. The number of aryl methyl sites for hydroxylation is 1. The first kappa shape index (κ1) is 16.7. The third-order valence-corrected chi connectivity index (χ3v) is 3.64. The number of carbonyl (C=O) groups is 2. The smallest absolute Gasteiger partial charge is 0.226 e. The van der Waals surface area contributed by atoms with Gasteiger partial charge in [0.05, 0.1) is 0 Å². The van der Waals surface area contributed by atoms with Crippen molar-refractivity contribution >= 4 is 23.1 Å². The third kappa shape index (κ3) is 4.95. The van der Waals surface area contributed by atoms with Crippen LogP contribution in [-0.4, -0.2) is 18.2 Å². The lowest BCUT2D eigenvalue weighted by Gasteiger charge is -2.10. The number of nitrogens with one attached hydrogen (secondary N) is 2. The van der Waals surface area contributed by atoms with Gasteiger partial charge in [-0.05, 0) is 49.2 Å². The molecule has 0 aliphatic rings. The van der Waals surface area contributed by atoms with Crippen LogP contribution >= 0.6 is 0 Å². The van der Waals surface area contributed by atoms with Crippen molar-refractivity contribution < 1.29 is 9.59 Å². The highest BCUT2D eigenvalue weighted by atomic mass is 16.1. The molecular weight excluding hydrogens is 288 g/mol. The third-order valence-electron chi connectivity index (χ3n) is 3.64. The number of carbonyl (C=O) groups excluding carboxylic acids is 2. The molecule has 0 aliphatic heterocycles. The van der Waals surface area contributed by atoms with E-state index in [1.165, 1.54) is 0 Å². The lowest BCUT2D eigenvalue weighted by molar-refractivity contribution is -0.115. The van der Waals surface area contributed by atoms with Gasteiger partial charge in [0.1, 0.15) is 0 Å². The maximum absolute atomic E-state index is 12.0. The Morgan fingerprint density at radius 3 is 2.35 bits per heavy atom. The summed E-state index contributed by atoms with van der Waals surface area (Å²) in [5.74, 6) is 0.0317. The predicted octanol–water partition coefficient (Wildman–Crippen LogP) is 3.89. The van der Waals surface area contributed by atoms with E-state index in [1.54, 1.807) is 19.1 Å². The van der Waals surface area contributed by atoms with Crippen LogP contribution < -0.4 is 10.6 Å². The average molecular weight is 310 g/mol. The average Bonchev–Trinajstić information content (AvgIpc) is 2.56. The fourth-order valence-corrected chi connectivity index (χ4v) is 2.31. The minimum Gasteiger partial charge on any atom is -0.385 e. The Morgan fingerprint density at radius 2 is 1.70 bits per heavy atom. The summed E-state index contributed by atoms with van der Waals surface area (Å²) in [6.45, 7) is 4.15. The second kappa shape index (κ2) is 8.13. The van der Waals surface area contributed by atoms with E-state index in [2.05, 4.69) is 17.6 Å². The van der Waals surface area contributed by atoms with E-state index in [0.717, 1.165) is 23.4 Å². The van der Waals surface area contributed by atoms with Crippen LogP contribution in [0.25, 0.3) is 0 Å². The van der Waals surface area contributed by atoms with Gasteiger partial charge in [-0.25, -0.2) is 0 Å². The van der Waals surface area contributed by atoms with E-state index in [0.29, 0.717) is 18.5 Å². The maximum Gasteiger partial charge on any atom is 0.226 e. The molecule has 0 aliphatic carbocycles. The molecule has 0 aromatic heterocycles. The van der Waals surface area contributed by atoms with Crippen LogP contribution in [-0.2, 0) is 11.2 Å². The fraction of sp³-hybridized carbons (Fsp3) is 0.263. The molecule has 0 fully saturated rings. The van der Waals surface area contributed by atoms with E-state index in [-0.39, 0.29) is 11.7 Å². The molecule has 0 heterocycles. The second-order valence-electron chi connectivity index (χ2n) is 5.37. The molecule has 2 aromatic carbocycles.